The van der Waals surface area contributed by atoms with Crippen molar-refractivity contribution in [3.63, 3.8) is 0 Å². The van der Waals surface area contributed by atoms with Gasteiger partial charge in [0.15, 0.2) is 0 Å². The summed E-state index contributed by atoms with van der Waals surface area (Å²) < 4.78 is 16.9. The first-order chi connectivity index (χ1) is 12.6. The minimum atomic E-state index is -0.0416. The van der Waals surface area contributed by atoms with E-state index in [0.29, 0.717) is 38.8 Å². The maximum atomic E-state index is 12.8. The topological polar surface area (TPSA) is 60.0 Å². The van der Waals surface area contributed by atoms with Gasteiger partial charge in [-0.1, -0.05) is 32.0 Å². The van der Waals surface area contributed by atoms with Crippen LogP contribution in [0.15, 0.2) is 24.3 Å². The number of rotatable bonds is 7. The van der Waals surface area contributed by atoms with Crippen LogP contribution in [-0.2, 0) is 9.47 Å². The molecule has 0 bridgehead atoms. The van der Waals surface area contributed by atoms with Crippen LogP contribution in [0.5, 0.6) is 5.75 Å². The van der Waals surface area contributed by atoms with Crippen LogP contribution in [0.4, 0.5) is 4.79 Å². The molecule has 26 heavy (non-hydrogen) atoms. The van der Waals surface area contributed by atoms with E-state index in [1.165, 1.54) is 0 Å². The van der Waals surface area contributed by atoms with E-state index in [4.69, 9.17) is 14.2 Å². The minimum Gasteiger partial charge on any atom is -0.493 e. The number of urea groups is 1. The van der Waals surface area contributed by atoms with Crippen LogP contribution in [0.25, 0.3) is 0 Å². The van der Waals surface area contributed by atoms with E-state index in [1.807, 2.05) is 23.1 Å². The van der Waals surface area contributed by atoms with Crippen LogP contribution in [-0.4, -0.2) is 57.6 Å². The van der Waals surface area contributed by atoms with E-state index in [-0.39, 0.29) is 23.9 Å². The molecule has 6 heteroatoms. The fourth-order valence-electron chi connectivity index (χ4n) is 3.86. The van der Waals surface area contributed by atoms with Crippen molar-refractivity contribution in [1.29, 1.82) is 0 Å². The number of amides is 2. The van der Waals surface area contributed by atoms with Gasteiger partial charge in [-0.05, 0) is 12.0 Å². The summed E-state index contributed by atoms with van der Waals surface area (Å²) in [4.78, 5) is 14.7. The first-order valence-corrected chi connectivity index (χ1v) is 9.44. The SMILES string of the molecule is COCCNC(=O)N1C[C@@H](COCC(C)C)[C@@H]2COc3ccccc3[C@@H]21. The number of para-hydroxylation sites is 1. The van der Waals surface area contributed by atoms with Gasteiger partial charge in [0, 0.05) is 44.2 Å². The Balaban J connectivity index is 1.76. The molecule has 1 fully saturated rings. The number of likely N-dealkylation sites (tertiary alicyclic amines) is 1. The first-order valence-electron chi connectivity index (χ1n) is 9.44. The van der Waals surface area contributed by atoms with Crippen LogP contribution in [0.3, 0.4) is 0 Å². The summed E-state index contributed by atoms with van der Waals surface area (Å²) in [5.41, 5.74) is 1.09. The van der Waals surface area contributed by atoms with Crippen molar-refractivity contribution in [2.45, 2.75) is 19.9 Å². The lowest BCUT2D eigenvalue weighted by Crippen LogP contribution is -2.42. The molecule has 2 heterocycles. The maximum absolute atomic E-state index is 12.8. The quantitative estimate of drug-likeness (QED) is 0.758. The number of benzene rings is 1. The normalized spacial score (nSPS) is 24.2. The van der Waals surface area contributed by atoms with E-state index in [0.717, 1.165) is 17.9 Å². The molecule has 1 aromatic rings. The van der Waals surface area contributed by atoms with E-state index in [2.05, 4.69) is 25.2 Å². The van der Waals surface area contributed by atoms with Gasteiger partial charge in [0.05, 0.1) is 25.9 Å². The van der Waals surface area contributed by atoms with Crippen molar-refractivity contribution in [1.82, 2.24) is 10.2 Å². The van der Waals surface area contributed by atoms with E-state index in [1.54, 1.807) is 7.11 Å². The molecule has 0 spiro atoms. The molecule has 1 saturated heterocycles. The molecule has 0 aromatic heterocycles. The first kappa shape index (κ1) is 19.0. The summed E-state index contributed by atoms with van der Waals surface area (Å²) in [5, 5.41) is 2.96. The zero-order valence-electron chi connectivity index (χ0n) is 15.9. The van der Waals surface area contributed by atoms with E-state index >= 15 is 0 Å². The van der Waals surface area contributed by atoms with Gasteiger partial charge in [0.25, 0.3) is 0 Å². The Kier molecular flexibility index (Phi) is 6.38. The molecule has 0 saturated carbocycles. The number of nitrogens with zero attached hydrogens (tertiary/aromatic N) is 1. The summed E-state index contributed by atoms with van der Waals surface area (Å²) in [5.74, 6) is 1.92. The van der Waals surface area contributed by atoms with Crippen LogP contribution >= 0.6 is 0 Å². The molecule has 1 aromatic carbocycles. The Hall–Kier alpha value is -1.79. The Labute approximate surface area is 155 Å². The third kappa shape index (κ3) is 4.13. The van der Waals surface area contributed by atoms with Gasteiger partial charge in [-0.3, -0.25) is 0 Å². The fourth-order valence-corrected chi connectivity index (χ4v) is 3.86. The zero-order chi connectivity index (χ0) is 18.5. The highest BCUT2D eigenvalue weighted by Crippen LogP contribution is 2.47. The van der Waals surface area contributed by atoms with Crippen molar-refractivity contribution >= 4 is 6.03 Å². The van der Waals surface area contributed by atoms with Crippen molar-refractivity contribution < 1.29 is 19.0 Å². The number of hydrogen-bond acceptors (Lipinski definition) is 4. The predicted molar refractivity (Wildman–Crippen MR) is 99.3 cm³/mol. The second-order valence-electron chi connectivity index (χ2n) is 7.53. The van der Waals surface area contributed by atoms with E-state index < -0.39 is 0 Å². The second kappa shape index (κ2) is 8.73. The van der Waals surface area contributed by atoms with Gasteiger partial charge in [0.1, 0.15) is 5.75 Å². The number of nitrogens with one attached hydrogen (secondary N) is 1. The smallest absolute Gasteiger partial charge is 0.318 e. The number of carbonyl (C=O) groups is 1. The number of hydrogen-bond donors (Lipinski definition) is 1. The predicted octanol–water partition coefficient (Wildman–Crippen LogP) is 2.70. The lowest BCUT2D eigenvalue weighted by atomic mass is 9.86. The molecule has 0 aliphatic carbocycles. The van der Waals surface area contributed by atoms with Crippen molar-refractivity contribution in [3.8, 4) is 5.75 Å². The van der Waals surface area contributed by atoms with Gasteiger partial charge in [-0.2, -0.15) is 0 Å². The van der Waals surface area contributed by atoms with Gasteiger partial charge < -0.3 is 24.4 Å². The van der Waals surface area contributed by atoms with Crippen LogP contribution in [0, 0.1) is 17.8 Å². The Morgan fingerprint density at radius 2 is 2.19 bits per heavy atom. The monoisotopic (exact) mass is 362 g/mol. The highest BCUT2D eigenvalue weighted by atomic mass is 16.5. The average molecular weight is 362 g/mol. The van der Waals surface area contributed by atoms with Crippen LogP contribution in [0.2, 0.25) is 0 Å². The molecular weight excluding hydrogens is 332 g/mol. The van der Waals surface area contributed by atoms with Gasteiger partial charge in [-0.15, -0.1) is 0 Å². The summed E-state index contributed by atoms with van der Waals surface area (Å²) in [7, 11) is 1.63. The Morgan fingerprint density at radius 1 is 1.38 bits per heavy atom. The number of fused-ring (bicyclic) bond motifs is 3. The fraction of sp³-hybridized carbons (Fsp3) is 0.650. The third-order valence-electron chi connectivity index (χ3n) is 5.07. The van der Waals surface area contributed by atoms with Crippen LogP contribution in [0.1, 0.15) is 25.5 Å². The summed E-state index contributed by atoms with van der Waals surface area (Å²) >= 11 is 0. The summed E-state index contributed by atoms with van der Waals surface area (Å²) in [6, 6.07) is 8.03. The van der Waals surface area contributed by atoms with Crippen molar-refractivity contribution in [2.75, 3.05) is 46.6 Å². The molecule has 144 valence electrons. The van der Waals surface area contributed by atoms with Crippen molar-refractivity contribution in [3.05, 3.63) is 29.8 Å². The largest absolute Gasteiger partial charge is 0.493 e. The van der Waals surface area contributed by atoms with Gasteiger partial charge >= 0.3 is 6.03 Å². The minimum absolute atomic E-state index is 0.0372. The Bertz CT molecular complexity index is 607. The maximum Gasteiger partial charge on any atom is 0.318 e. The highest BCUT2D eigenvalue weighted by molar-refractivity contribution is 5.75. The zero-order valence-corrected chi connectivity index (χ0v) is 15.9. The lowest BCUT2D eigenvalue weighted by Gasteiger charge is -2.34. The molecule has 6 nitrogen and oxygen atoms in total. The molecule has 2 amide bonds. The van der Waals surface area contributed by atoms with Gasteiger partial charge in [0.2, 0.25) is 0 Å². The Morgan fingerprint density at radius 3 is 2.96 bits per heavy atom. The average Bonchev–Trinajstić information content (AvgIpc) is 3.01. The molecule has 0 radical (unpaired) electrons. The summed E-state index contributed by atoms with van der Waals surface area (Å²) in [6.07, 6.45) is 0. The third-order valence-corrected chi connectivity index (χ3v) is 5.07. The van der Waals surface area contributed by atoms with E-state index in [9.17, 15) is 4.79 Å². The molecule has 0 unspecified atom stereocenters. The lowest BCUT2D eigenvalue weighted by molar-refractivity contribution is 0.0562. The summed E-state index contributed by atoms with van der Waals surface area (Å²) in [6.45, 7) is 8.02. The standard InChI is InChI=1S/C20H30N2O4/c1-14(2)11-25-12-15-10-22(20(23)21-8-9-24-3)19-16-6-4-5-7-18(16)26-13-17(15)19/h4-7,14-15,17,19H,8-13H2,1-3H3,(H,21,23)/t15-,17-,19-/m0/s1. The number of methoxy groups -OCH3 is 1. The molecule has 3 atom stereocenters. The number of ether oxygens (including phenoxy) is 3. The van der Waals surface area contributed by atoms with Crippen LogP contribution < -0.4 is 10.1 Å². The second-order valence-corrected chi connectivity index (χ2v) is 7.53. The molecule has 3 rings (SSSR count). The molecule has 2 aliphatic heterocycles. The molecule has 1 N–H and O–H groups in total. The molecular formula is C20H30N2O4. The number of carbonyl (C=O) groups excluding carboxylic acids is 1. The molecule has 2 aliphatic rings. The van der Waals surface area contributed by atoms with Crippen molar-refractivity contribution in [2.24, 2.45) is 17.8 Å². The highest BCUT2D eigenvalue weighted by Gasteiger charge is 2.48. The van der Waals surface area contributed by atoms with Gasteiger partial charge in [-0.25, -0.2) is 4.79 Å².